The van der Waals surface area contributed by atoms with E-state index in [1.54, 1.807) is 6.07 Å². The molecule has 0 aliphatic carbocycles. The van der Waals surface area contributed by atoms with Crippen molar-refractivity contribution in [2.45, 2.75) is 39.2 Å². The fourth-order valence-corrected chi connectivity index (χ4v) is 1.89. The van der Waals surface area contributed by atoms with Crippen LogP contribution in [0.1, 0.15) is 38.2 Å². The van der Waals surface area contributed by atoms with Gasteiger partial charge < -0.3 is 5.32 Å². The van der Waals surface area contributed by atoms with Gasteiger partial charge in [-0.2, -0.15) is 0 Å². The number of nitrogens with one attached hydrogen (secondary N) is 1. The fraction of sp³-hybridized carbons (Fsp3) is 0.538. The Morgan fingerprint density at radius 2 is 2.11 bits per heavy atom. The van der Waals surface area contributed by atoms with Crippen LogP contribution in [0.3, 0.4) is 0 Å². The third-order valence-corrected chi connectivity index (χ3v) is 3.13. The number of hydrogen-bond donors (Lipinski definition) is 1. The van der Waals surface area contributed by atoms with E-state index >= 15 is 0 Å². The normalized spacial score (nSPS) is 10.6. The highest BCUT2D eigenvalue weighted by Crippen LogP contribution is 2.21. The molecule has 0 amide bonds. The monoisotopic (exact) mass is 270 g/mol. The molecular weight excluding hydrogens is 252 g/mol. The van der Waals surface area contributed by atoms with Gasteiger partial charge in [-0.25, -0.2) is 0 Å². The van der Waals surface area contributed by atoms with Gasteiger partial charge in [0.25, 0.3) is 5.69 Å². The smallest absolute Gasteiger partial charge is 0.269 e. The molecule has 18 heavy (non-hydrogen) atoms. The van der Waals surface area contributed by atoms with E-state index in [9.17, 15) is 10.1 Å². The van der Waals surface area contributed by atoms with Gasteiger partial charge in [0.1, 0.15) is 0 Å². The predicted octanol–water partition coefficient (Wildman–Crippen LogP) is 3.92. The van der Waals surface area contributed by atoms with Gasteiger partial charge in [-0.15, -0.1) is 0 Å². The van der Waals surface area contributed by atoms with E-state index in [2.05, 4.69) is 12.2 Å². The van der Waals surface area contributed by atoms with E-state index in [0.29, 0.717) is 11.6 Å². The quantitative estimate of drug-likeness (QED) is 0.442. The molecule has 100 valence electrons. The summed E-state index contributed by atoms with van der Waals surface area (Å²) >= 11 is 6.00. The Hall–Kier alpha value is -1.13. The minimum atomic E-state index is -0.402. The summed E-state index contributed by atoms with van der Waals surface area (Å²) < 4.78 is 0. The maximum Gasteiger partial charge on any atom is 0.269 e. The minimum Gasteiger partial charge on any atom is -0.313 e. The first-order valence-electron chi connectivity index (χ1n) is 6.28. The van der Waals surface area contributed by atoms with E-state index < -0.39 is 4.92 Å². The molecule has 0 unspecified atom stereocenters. The molecule has 0 heterocycles. The second kappa shape index (κ2) is 8.06. The number of non-ortho nitro benzene ring substituents is 1. The van der Waals surface area contributed by atoms with Crippen LogP contribution in [0, 0.1) is 10.1 Å². The number of rotatable bonds is 8. The zero-order chi connectivity index (χ0) is 13.4. The number of halogens is 1. The Morgan fingerprint density at radius 3 is 2.78 bits per heavy atom. The summed E-state index contributed by atoms with van der Waals surface area (Å²) in [5.41, 5.74) is 0.864. The second-order valence-electron chi connectivity index (χ2n) is 4.27. The molecule has 0 fully saturated rings. The van der Waals surface area contributed by atoms with Crippen molar-refractivity contribution in [3.63, 3.8) is 0 Å². The van der Waals surface area contributed by atoms with Crippen molar-refractivity contribution in [1.29, 1.82) is 0 Å². The molecule has 0 saturated carbocycles. The highest BCUT2D eigenvalue weighted by Gasteiger charge is 2.09. The van der Waals surface area contributed by atoms with Crippen molar-refractivity contribution in [1.82, 2.24) is 5.32 Å². The lowest BCUT2D eigenvalue weighted by Crippen LogP contribution is -2.15. The molecule has 1 aromatic rings. The lowest BCUT2D eigenvalue weighted by atomic mass is 10.2. The maximum absolute atomic E-state index is 10.7. The Labute approximate surface area is 112 Å². The summed E-state index contributed by atoms with van der Waals surface area (Å²) in [6.45, 7) is 3.67. The first kappa shape index (κ1) is 14.9. The van der Waals surface area contributed by atoms with Crippen molar-refractivity contribution in [2.24, 2.45) is 0 Å². The Morgan fingerprint density at radius 1 is 1.33 bits per heavy atom. The molecule has 0 atom stereocenters. The van der Waals surface area contributed by atoms with E-state index in [1.165, 1.54) is 31.4 Å². The van der Waals surface area contributed by atoms with Crippen LogP contribution in [0.4, 0.5) is 5.69 Å². The van der Waals surface area contributed by atoms with Crippen LogP contribution in [0.5, 0.6) is 0 Å². The predicted molar refractivity (Wildman–Crippen MR) is 74.0 cm³/mol. The summed E-state index contributed by atoms with van der Waals surface area (Å²) in [5, 5.41) is 14.5. The SMILES string of the molecule is CCCCCCNCc1cc([N+](=O)[O-])ccc1Cl. The topological polar surface area (TPSA) is 55.2 Å². The van der Waals surface area contributed by atoms with Crippen LogP contribution in [0.15, 0.2) is 18.2 Å². The first-order valence-corrected chi connectivity index (χ1v) is 6.66. The van der Waals surface area contributed by atoms with Crippen LogP contribution in [-0.2, 0) is 6.54 Å². The van der Waals surface area contributed by atoms with Gasteiger partial charge in [-0.05, 0) is 24.6 Å². The van der Waals surface area contributed by atoms with E-state index in [1.807, 2.05) is 0 Å². The number of nitro benzene ring substituents is 1. The van der Waals surface area contributed by atoms with Crippen molar-refractivity contribution in [2.75, 3.05) is 6.54 Å². The minimum absolute atomic E-state index is 0.0854. The third kappa shape index (κ3) is 5.02. The number of benzene rings is 1. The van der Waals surface area contributed by atoms with E-state index in [-0.39, 0.29) is 5.69 Å². The molecule has 5 heteroatoms. The third-order valence-electron chi connectivity index (χ3n) is 2.76. The molecule has 0 radical (unpaired) electrons. The van der Waals surface area contributed by atoms with Crippen LogP contribution < -0.4 is 5.32 Å². The maximum atomic E-state index is 10.7. The Bertz CT molecular complexity index is 397. The van der Waals surface area contributed by atoms with Crippen molar-refractivity contribution in [3.8, 4) is 0 Å². The molecule has 1 rings (SSSR count). The van der Waals surface area contributed by atoms with Crippen molar-refractivity contribution in [3.05, 3.63) is 38.9 Å². The van der Waals surface area contributed by atoms with Gasteiger partial charge in [0, 0.05) is 23.7 Å². The average molecular weight is 271 g/mol. The zero-order valence-electron chi connectivity index (χ0n) is 10.6. The standard InChI is InChI=1S/C13H19ClN2O2/c1-2-3-4-5-8-15-10-11-9-12(16(17)18)6-7-13(11)14/h6-7,9,15H,2-5,8,10H2,1H3. The number of nitrogens with zero attached hydrogens (tertiary/aromatic N) is 1. The van der Waals surface area contributed by atoms with E-state index in [0.717, 1.165) is 18.5 Å². The van der Waals surface area contributed by atoms with Gasteiger partial charge in [0.15, 0.2) is 0 Å². The fourth-order valence-electron chi connectivity index (χ4n) is 1.71. The summed E-state index contributed by atoms with van der Waals surface area (Å²) in [5.74, 6) is 0. The van der Waals surface area contributed by atoms with Gasteiger partial charge in [-0.1, -0.05) is 37.8 Å². The Kier molecular flexibility index (Phi) is 6.68. The molecule has 0 saturated heterocycles. The molecular formula is C13H19ClN2O2. The number of nitro groups is 1. The lowest BCUT2D eigenvalue weighted by Gasteiger charge is -2.06. The van der Waals surface area contributed by atoms with Crippen molar-refractivity contribution < 1.29 is 4.92 Å². The molecule has 1 N–H and O–H groups in total. The summed E-state index contributed by atoms with van der Waals surface area (Å²) in [7, 11) is 0. The van der Waals surface area contributed by atoms with Crippen LogP contribution >= 0.6 is 11.6 Å². The average Bonchev–Trinajstić information content (AvgIpc) is 2.35. The van der Waals surface area contributed by atoms with Gasteiger partial charge in [0.2, 0.25) is 0 Å². The summed E-state index contributed by atoms with van der Waals surface area (Å²) in [6.07, 6.45) is 4.81. The number of unbranched alkanes of at least 4 members (excludes halogenated alkanes) is 3. The van der Waals surface area contributed by atoms with Gasteiger partial charge >= 0.3 is 0 Å². The highest BCUT2D eigenvalue weighted by atomic mass is 35.5. The largest absolute Gasteiger partial charge is 0.313 e. The number of hydrogen-bond acceptors (Lipinski definition) is 3. The van der Waals surface area contributed by atoms with Crippen LogP contribution in [0.25, 0.3) is 0 Å². The molecule has 1 aromatic carbocycles. The van der Waals surface area contributed by atoms with Gasteiger partial charge in [-0.3, -0.25) is 10.1 Å². The first-order chi connectivity index (χ1) is 8.65. The zero-order valence-corrected chi connectivity index (χ0v) is 11.4. The molecule has 0 aliphatic rings. The summed E-state index contributed by atoms with van der Waals surface area (Å²) in [4.78, 5) is 10.3. The molecule has 0 aliphatic heterocycles. The van der Waals surface area contributed by atoms with Crippen molar-refractivity contribution >= 4 is 17.3 Å². The van der Waals surface area contributed by atoms with Crippen LogP contribution in [-0.4, -0.2) is 11.5 Å². The van der Waals surface area contributed by atoms with Crippen LogP contribution in [0.2, 0.25) is 5.02 Å². The highest BCUT2D eigenvalue weighted by molar-refractivity contribution is 6.31. The molecule has 0 aromatic heterocycles. The van der Waals surface area contributed by atoms with Gasteiger partial charge in [0.05, 0.1) is 4.92 Å². The lowest BCUT2D eigenvalue weighted by molar-refractivity contribution is -0.384. The molecule has 0 bridgehead atoms. The molecule has 4 nitrogen and oxygen atoms in total. The summed E-state index contributed by atoms with van der Waals surface area (Å²) in [6, 6.07) is 4.53. The molecule has 0 spiro atoms. The van der Waals surface area contributed by atoms with E-state index in [4.69, 9.17) is 11.6 Å². The Balaban J connectivity index is 2.41. The second-order valence-corrected chi connectivity index (χ2v) is 4.68.